The van der Waals surface area contributed by atoms with Crippen LogP contribution in [0.4, 0.5) is 0 Å². The molecule has 5 nitrogen and oxygen atoms in total. The van der Waals surface area contributed by atoms with Crippen molar-refractivity contribution in [2.75, 3.05) is 13.2 Å². The first-order valence-electron chi connectivity index (χ1n) is 9.92. The summed E-state index contributed by atoms with van der Waals surface area (Å²) < 4.78 is 28.1. The van der Waals surface area contributed by atoms with Gasteiger partial charge in [0.25, 0.3) is 10.0 Å². The van der Waals surface area contributed by atoms with Gasteiger partial charge in [0.05, 0.1) is 23.1 Å². The highest BCUT2D eigenvalue weighted by Crippen LogP contribution is 2.33. The number of aromatic nitrogens is 1. The van der Waals surface area contributed by atoms with Crippen LogP contribution in [0.3, 0.4) is 0 Å². The number of hydrogen-bond acceptors (Lipinski definition) is 4. The van der Waals surface area contributed by atoms with Gasteiger partial charge in [0.2, 0.25) is 0 Å². The van der Waals surface area contributed by atoms with E-state index >= 15 is 0 Å². The predicted molar refractivity (Wildman–Crippen MR) is 115 cm³/mol. The fraction of sp³-hybridized carbons (Fsp3) is 0.304. The van der Waals surface area contributed by atoms with Gasteiger partial charge in [-0.3, -0.25) is 0 Å². The zero-order valence-corrected chi connectivity index (χ0v) is 17.5. The lowest BCUT2D eigenvalue weighted by Gasteiger charge is -2.28. The van der Waals surface area contributed by atoms with Crippen LogP contribution in [0.2, 0.25) is 0 Å². The van der Waals surface area contributed by atoms with Gasteiger partial charge < -0.3 is 10.4 Å². The van der Waals surface area contributed by atoms with Crippen molar-refractivity contribution in [3.63, 3.8) is 0 Å². The Hall–Kier alpha value is -2.41. The summed E-state index contributed by atoms with van der Waals surface area (Å²) >= 11 is 0. The van der Waals surface area contributed by atoms with Gasteiger partial charge in [0, 0.05) is 18.1 Å². The molecule has 2 atom stereocenters. The van der Waals surface area contributed by atoms with Crippen molar-refractivity contribution < 1.29 is 13.5 Å². The van der Waals surface area contributed by atoms with Gasteiger partial charge in [0.1, 0.15) is 0 Å². The van der Waals surface area contributed by atoms with E-state index in [0.29, 0.717) is 11.4 Å². The zero-order chi connectivity index (χ0) is 20.6. The molecule has 0 saturated heterocycles. The molecule has 0 spiro atoms. The van der Waals surface area contributed by atoms with E-state index in [-0.39, 0.29) is 17.5 Å². The highest BCUT2D eigenvalue weighted by molar-refractivity contribution is 7.90. The lowest BCUT2D eigenvalue weighted by atomic mass is 9.89. The second-order valence-electron chi connectivity index (χ2n) is 7.61. The van der Waals surface area contributed by atoms with E-state index in [1.807, 2.05) is 49.4 Å². The van der Waals surface area contributed by atoms with Crippen LogP contribution in [0.25, 0.3) is 10.9 Å². The molecule has 2 aromatic carbocycles. The Kier molecular flexibility index (Phi) is 5.34. The summed E-state index contributed by atoms with van der Waals surface area (Å²) in [5.41, 5.74) is 3.58. The molecule has 0 radical (unpaired) electrons. The molecule has 4 rings (SSSR count). The second kappa shape index (κ2) is 7.78. The molecule has 152 valence electrons. The first-order valence-corrected chi connectivity index (χ1v) is 11.4. The maximum absolute atomic E-state index is 13.4. The molecule has 1 aliphatic rings. The minimum Gasteiger partial charge on any atom is -0.392 e. The van der Waals surface area contributed by atoms with Gasteiger partial charge in [-0.15, -0.1) is 0 Å². The molecular formula is C23H26N2O3S. The summed E-state index contributed by atoms with van der Waals surface area (Å²) in [4.78, 5) is 0.268. The lowest BCUT2D eigenvalue weighted by molar-refractivity contribution is 0.299. The molecule has 6 heteroatoms. The fourth-order valence-corrected chi connectivity index (χ4v) is 5.42. The van der Waals surface area contributed by atoms with E-state index in [1.165, 1.54) is 3.97 Å². The largest absolute Gasteiger partial charge is 0.392 e. The molecule has 0 unspecified atom stereocenters. The summed E-state index contributed by atoms with van der Waals surface area (Å²) in [6, 6.07) is 14.3. The monoisotopic (exact) mass is 410 g/mol. The molecule has 1 aliphatic heterocycles. The summed E-state index contributed by atoms with van der Waals surface area (Å²) in [5.74, 6) is 0.306. The van der Waals surface area contributed by atoms with Crippen molar-refractivity contribution in [2.45, 2.75) is 31.2 Å². The maximum Gasteiger partial charge on any atom is 0.268 e. The van der Waals surface area contributed by atoms with Gasteiger partial charge in [0.15, 0.2) is 0 Å². The molecular weight excluding hydrogens is 384 g/mol. The molecule has 3 aromatic rings. The normalized spacial score (nSPS) is 20.0. The predicted octanol–water partition coefficient (Wildman–Crippen LogP) is 3.78. The fourth-order valence-electron chi connectivity index (χ4n) is 4.04. The average Bonchev–Trinajstić information content (AvgIpc) is 3.14. The second-order valence-corrected chi connectivity index (χ2v) is 9.42. The summed E-state index contributed by atoms with van der Waals surface area (Å²) in [6.07, 6.45) is 4.72. The van der Waals surface area contributed by atoms with E-state index in [4.69, 9.17) is 0 Å². The number of aryl methyl sites for hydroxylation is 1. The van der Waals surface area contributed by atoms with Gasteiger partial charge in [-0.1, -0.05) is 48.9 Å². The number of fused-ring (bicyclic) bond motifs is 1. The number of para-hydroxylation sites is 1. The van der Waals surface area contributed by atoms with Crippen LogP contribution < -0.4 is 5.32 Å². The van der Waals surface area contributed by atoms with Crippen molar-refractivity contribution in [1.82, 2.24) is 9.29 Å². The Balaban J connectivity index is 1.86. The Labute approximate surface area is 171 Å². The van der Waals surface area contributed by atoms with E-state index < -0.39 is 10.0 Å². The number of aliphatic hydroxyl groups is 1. The molecule has 0 saturated carbocycles. The Bertz CT molecular complexity index is 1160. The smallest absolute Gasteiger partial charge is 0.268 e. The van der Waals surface area contributed by atoms with E-state index in [0.717, 1.165) is 35.1 Å². The number of nitrogens with zero attached hydrogens (tertiary/aromatic N) is 1. The third-order valence-electron chi connectivity index (χ3n) is 5.79. The van der Waals surface area contributed by atoms with Crippen molar-refractivity contribution in [3.05, 3.63) is 77.5 Å². The zero-order valence-electron chi connectivity index (χ0n) is 16.7. The van der Waals surface area contributed by atoms with Gasteiger partial charge in [-0.25, -0.2) is 12.4 Å². The summed E-state index contributed by atoms with van der Waals surface area (Å²) in [6.45, 7) is 4.83. The molecule has 0 aliphatic carbocycles. The highest BCUT2D eigenvalue weighted by Gasteiger charge is 2.27. The van der Waals surface area contributed by atoms with Gasteiger partial charge in [-0.05, 0) is 48.6 Å². The molecule has 2 heterocycles. The molecule has 1 aromatic heterocycles. The van der Waals surface area contributed by atoms with E-state index in [2.05, 4.69) is 12.2 Å². The quantitative estimate of drug-likeness (QED) is 0.628. The van der Waals surface area contributed by atoms with Crippen molar-refractivity contribution in [1.29, 1.82) is 0 Å². The van der Waals surface area contributed by atoms with Crippen molar-refractivity contribution in [3.8, 4) is 0 Å². The maximum atomic E-state index is 13.4. The van der Waals surface area contributed by atoms with Crippen LogP contribution >= 0.6 is 0 Å². The Morgan fingerprint density at radius 3 is 2.55 bits per heavy atom. The standard InChI is InChI=1S/C23H26N2O3S/c1-3-17-13-24-22(12-18(17)15-26)21-14-25(23-7-5-4-6-20(21)23)29(27,28)19-10-8-16(2)9-11-19/h4-12,14,17,22,24,26H,3,13,15H2,1-2H3/t17-,22+/m1/s1. The number of benzene rings is 2. The van der Waals surface area contributed by atoms with Gasteiger partial charge >= 0.3 is 0 Å². The van der Waals surface area contributed by atoms with Crippen LogP contribution in [-0.4, -0.2) is 30.6 Å². The van der Waals surface area contributed by atoms with Crippen molar-refractivity contribution in [2.24, 2.45) is 5.92 Å². The molecule has 0 amide bonds. The third kappa shape index (κ3) is 3.52. The number of rotatable bonds is 5. The average molecular weight is 411 g/mol. The van der Waals surface area contributed by atoms with Crippen LogP contribution in [0.5, 0.6) is 0 Å². The van der Waals surface area contributed by atoms with Gasteiger partial charge in [-0.2, -0.15) is 0 Å². The first-order chi connectivity index (χ1) is 14.0. The Morgan fingerprint density at radius 1 is 1.14 bits per heavy atom. The number of hydrogen-bond donors (Lipinski definition) is 2. The van der Waals surface area contributed by atoms with Crippen LogP contribution in [0, 0.1) is 12.8 Å². The molecule has 29 heavy (non-hydrogen) atoms. The summed E-state index contributed by atoms with van der Waals surface area (Å²) in [5, 5.41) is 14.2. The van der Waals surface area contributed by atoms with E-state index in [1.54, 1.807) is 18.3 Å². The van der Waals surface area contributed by atoms with Crippen LogP contribution in [0.15, 0.2) is 71.3 Å². The van der Waals surface area contributed by atoms with E-state index in [9.17, 15) is 13.5 Å². The lowest BCUT2D eigenvalue weighted by Crippen LogP contribution is -2.33. The highest BCUT2D eigenvalue weighted by atomic mass is 32.2. The van der Waals surface area contributed by atoms with Crippen LogP contribution in [0.1, 0.15) is 30.5 Å². The molecule has 0 fully saturated rings. The number of aliphatic hydroxyl groups excluding tert-OH is 1. The molecule has 0 bridgehead atoms. The number of nitrogens with one attached hydrogen (secondary N) is 1. The SMILES string of the molecule is CC[C@@H]1CN[C@H](c2cn(S(=O)(=O)c3ccc(C)cc3)c3ccccc23)C=C1CO. The Morgan fingerprint density at radius 2 is 1.86 bits per heavy atom. The third-order valence-corrected chi connectivity index (χ3v) is 7.47. The van der Waals surface area contributed by atoms with Crippen molar-refractivity contribution >= 4 is 20.9 Å². The first kappa shape index (κ1) is 19.9. The molecule has 2 N–H and O–H groups in total. The topological polar surface area (TPSA) is 71.3 Å². The minimum absolute atomic E-state index is 0.0248. The van der Waals surface area contributed by atoms with Crippen LogP contribution in [-0.2, 0) is 10.0 Å². The minimum atomic E-state index is -3.72. The summed E-state index contributed by atoms with van der Waals surface area (Å²) in [7, 11) is -3.72.